The first-order chi connectivity index (χ1) is 16.0. The van der Waals surface area contributed by atoms with Crippen molar-refractivity contribution in [1.82, 2.24) is 19.8 Å². The van der Waals surface area contributed by atoms with E-state index in [-0.39, 0.29) is 23.5 Å². The number of para-hydroxylation sites is 2. The number of hydrogen-bond donors (Lipinski definition) is 2. The molecule has 0 saturated carbocycles. The summed E-state index contributed by atoms with van der Waals surface area (Å²) in [5.74, 6) is 0.513. The van der Waals surface area contributed by atoms with Gasteiger partial charge in [-0.3, -0.25) is 14.2 Å². The smallest absolute Gasteiger partial charge is 0.326 e. The normalized spacial score (nSPS) is 15.5. The molecule has 1 saturated heterocycles. The van der Waals surface area contributed by atoms with Crippen LogP contribution < -0.4 is 11.0 Å². The minimum Gasteiger partial charge on any atom is -0.341 e. The third-order valence-electron chi connectivity index (χ3n) is 6.26. The molecule has 0 spiro atoms. The van der Waals surface area contributed by atoms with Crippen LogP contribution in [0.25, 0.3) is 11.0 Å². The number of amides is 2. The Labute approximate surface area is 197 Å². The van der Waals surface area contributed by atoms with E-state index in [0.717, 1.165) is 22.3 Å². The summed E-state index contributed by atoms with van der Waals surface area (Å²) >= 11 is 1.66. The van der Waals surface area contributed by atoms with Gasteiger partial charge < -0.3 is 15.2 Å². The number of benzene rings is 2. The average Bonchev–Trinajstić information content (AvgIpc) is 3.17. The maximum atomic E-state index is 13.3. The molecule has 0 radical (unpaired) electrons. The molecule has 8 heteroatoms. The largest absolute Gasteiger partial charge is 0.341 e. The number of carbonyl (C=O) groups excluding carboxylic acids is 2. The molecule has 0 aliphatic carbocycles. The zero-order valence-electron chi connectivity index (χ0n) is 19.0. The van der Waals surface area contributed by atoms with Crippen molar-refractivity contribution in [2.45, 2.75) is 38.3 Å². The number of fused-ring (bicyclic) bond motifs is 1. The molecule has 1 unspecified atom stereocenters. The summed E-state index contributed by atoms with van der Waals surface area (Å²) in [6.45, 7) is 3.06. The van der Waals surface area contributed by atoms with Crippen LogP contribution in [0.2, 0.25) is 0 Å². The first-order valence-electron chi connectivity index (χ1n) is 11.3. The van der Waals surface area contributed by atoms with E-state index in [9.17, 15) is 14.4 Å². The molecule has 33 heavy (non-hydrogen) atoms. The van der Waals surface area contributed by atoms with E-state index in [1.165, 1.54) is 0 Å². The highest BCUT2D eigenvalue weighted by Gasteiger charge is 2.30. The second-order valence-electron chi connectivity index (χ2n) is 8.55. The van der Waals surface area contributed by atoms with Crippen molar-refractivity contribution in [2.75, 3.05) is 25.1 Å². The molecule has 1 aliphatic heterocycles. The minimum atomic E-state index is -0.558. The molecular weight excluding hydrogens is 436 g/mol. The summed E-state index contributed by atoms with van der Waals surface area (Å²) in [6.07, 6.45) is 3.98. The van der Waals surface area contributed by atoms with Gasteiger partial charge in [-0.1, -0.05) is 29.8 Å². The predicted octanol–water partition coefficient (Wildman–Crippen LogP) is 3.35. The molecule has 174 valence electrons. The van der Waals surface area contributed by atoms with Gasteiger partial charge in [0.05, 0.1) is 11.0 Å². The Bertz CT molecular complexity index is 1190. The number of likely N-dealkylation sites (tertiary alicyclic amines) is 1. The highest BCUT2D eigenvalue weighted by atomic mass is 32.2. The maximum Gasteiger partial charge on any atom is 0.326 e. The molecule has 3 aromatic rings. The Morgan fingerprint density at radius 2 is 1.91 bits per heavy atom. The fourth-order valence-corrected chi connectivity index (χ4v) is 4.99. The van der Waals surface area contributed by atoms with Crippen molar-refractivity contribution in [3.8, 4) is 0 Å². The number of aromatic nitrogens is 2. The maximum absolute atomic E-state index is 13.3. The number of thioether (sulfide) groups is 1. The molecule has 2 aromatic carbocycles. The van der Waals surface area contributed by atoms with E-state index >= 15 is 0 Å². The monoisotopic (exact) mass is 466 g/mol. The number of H-pyrrole nitrogens is 1. The lowest BCUT2D eigenvalue weighted by Gasteiger charge is -2.35. The molecule has 2 amide bonds. The predicted molar refractivity (Wildman–Crippen MR) is 133 cm³/mol. The van der Waals surface area contributed by atoms with Crippen LogP contribution in [0.15, 0.2) is 53.3 Å². The first kappa shape index (κ1) is 23.2. The van der Waals surface area contributed by atoms with Crippen LogP contribution in [0.3, 0.4) is 0 Å². The summed E-state index contributed by atoms with van der Waals surface area (Å²) < 4.78 is 1.82. The summed E-state index contributed by atoms with van der Waals surface area (Å²) in [5, 5.41) is 2.96. The number of carbonyl (C=O) groups is 2. The van der Waals surface area contributed by atoms with Gasteiger partial charge in [-0.15, -0.1) is 0 Å². The molecule has 2 N–H and O–H groups in total. The van der Waals surface area contributed by atoms with Gasteiger partial charge in [0.25, 0.3) is 5.91 Å². The minimum absolute atomic E-state index is 0.0456. The Kier molecular flexibility index (Phi) is 7.23. The van der Waals surface area contributed by atoms with Crippen molar-refractivity contribution < 1.29 is 9.59 Å². The van der Waals surface area contributed by atoms with Crippen molar-refractivity contribution in [3.63, 3.8) is 0 Å². The molecule has 0 bridgehead atoms. The van der Waals surface area contributed by atoms with Crippen molar-refractivity contribution in [1.29, 1.82) is 0 Å². The molecular formula is C25H30N4O3S. The quantitative estimate of drug-likeness (QED) is 0.559. The van der Waals surface area contributed by atoms with Gasteiger partial charge in [-0.2, -0.15) is 11.8 Å². The van der Waals surface area contributed by atoms with Crippen molar-refractivity contribution >= 4 is 34.6 Å². The third kappa shape index (κ3) is 5.16. The van der Waals surface area contributed by atoms with Crippen LogP contribution in [-0.2, 0) is 4.79 Å². The number of aromatic amines is 1. The third-order valence-corrected chi connectivity index (χ3v) is 6.90. The van der Waals surface area contributed by atoms with Crippen LogP contribution >= 0.6 is 11.8 Å². The summed E-state index contributed by atoms with van der Waals surface area (Å²) in [6, 6.07) is 14.6. The Morgan fingerprint density at radius 3 is 2.64 bits per heavy atom. The molecule has 2 heterocycles. The van der Waals surface area contributed by atoms with Gasteiger partial charge in [0.15, 0.2) is 0 Å². The van der Waals surface area contributed by atoms with Gasteiger partial charge in [-0.05, 0) is 62.5 Å². The fraction of sp³-hybridized carbons (Fsp3) is 0.400. The van der Waals surface area contributed by atoms with E-state index in [2.05, 4.69) is 10.3 Å². The lowest BCUT2D eigenvalue weighted by Crippen LogP contribution is -2.51. The second kappa shape index (κ2) is 10.3. The van der Waals surface area contributed by atoms with Crippen LogP contribution in [0, 0.1) is 6.92 Å². The molecule has 1 fully saturated rings. The van der Waals surface area contributed by atoms with E-state index in [0.29, 0.717) is 37.9 Å². The van der Waals surface area contributed by atoms with Gasteiger partial charge >= 0.3 is 5.69 Å². The van der Waals surface area contributed by atoms with Crippen LogP contribution in [0.1, 0.15) is 41.2 Å². The molecule has 1 aromatic heterocycles. The van der Waals surface area contributed by atoms with Crippen molar-refractivity contribution in [2.24, 2.45) is 0 Å². The first-order valence-corrected chi connectivity index (χ1v) is 12.7. The van der Waals surface area contributed by atoms with E-state index in [1.54, 1.807) is 17.8 Å². The summed E-state index contributed by atoms with van der Waals surface area (Å²) in [7, 11) is 0. The lowest BCUT2D eigenvalue weighted by atomic mass is 10.0. The van der Waals surface area contributed by atoms with Crippen LogP contribution in [0.4, 0.5) is 0 Å². The number of nitrogens with one attached hydrogen (secondary N) is 2. The molecule has 7 nitrogen and oxygen atoms in total. The van der Waals surface area contributed by atoms with Crippen LogP contribution in [-0.4, -0.2) is 57.4 Å². The zero-order valence-corrected chi connectivity index (χ0v) is 19.9. The summed E-state index contributed by atoms with van der Waals surface area (Å²) in [5.41, 5.74) is 3.19. The SMILES string of the molecule is CSCCC(NC(=O)c1cccc(C)c1)C(=O)N1CCC(n2c(=O)[nH]c3ccccc32)CC1. The van der Waals surface area contributed by atoms with Crippen molar-refractivity contribution in [3.05, 3.63) is 70.1 Å². The standard InChI is InChI=1S/C25H30N4O3S/c1-17-6-5-7-18(16-17)23(30)26-21(12-15-33-2)24(31)28-13-10-19(11-14-28)29-22-9-4-3-8-20(22)27-25(29)32/h3-9,16,19,21H,10-15H2,1-2H3,(H,26,30)(H,27,32). The molecule has 1 aliphatic rings. The highest BCUT2D eigenvalue weighted by Crippen LogP contribution is 2.25. The number of hydrogen-bond acceptors (Lipinski definition) is 4. The number of rotatable bonds is 7. The van der Waals surface area contributed by atoms with Gasteiger partial charge in [-0.25, -0.2) is 4.79 Å². The van der Waals surface area contributed by atoms with E-state index < -0.39 is 6.04 Å². The number of nitrogens with zero attached hydrogens (tertiary/aromatic N) is 2. The van der Waals surface area contributed by atoms with E-state index in [1.807, 2.05) is 65.1 Å². The Balaban J connectivity index is 1.44. The fourth-order valence-electron chi connectivity index (χ4n) is 4.52. The second-order valence-corrected chi connectivity index (χ2v) is 9.54. The number of aryl methyl sites for hydroxylation is 1. The summed E-state index contributed by atoms with van der Waals surface area (Å²) in [4.78, 5) is 43.4. The topological polar surface area (TPSA) is 87.2 Å². The number of piperidine rings is 1. The molecule has 1 atom stereocenters. The van der Waals surface area contributed by atoms with Gasteiger partial charge in [0, 0.05) is 24.7 Å². The lowest BCUT2D eigenvalue weighted by molar-refractivity contribution is -0.134. The van der Waals surface area contributed by atoms with Crippen LogP contribution in [0.5, 0.6) is 0 Å². The van der Waals surface area contributed by atoms with Gasteiger partial charge in [0.2, 0.25) is 5.91 Å². The average molecular weight is 467 g/mol. The zero-order chi connectivity index (χ0) is 23.4. The van der Waals surface area contributed by atoms with E-state index in [4.69, 9.17) is 0 Å². The van der Waals surface area contributed by atoms with Gasteiger partial charge in [0.1, 0.15) is 6.04 Å². The Hall–Kier alpha value is -3.00. The number of imidazole rings is 1. The molecule has 4 rings (SSSR count). The highest BCUT2D eigenvalue weighted by molar-refractivity contribution is 7.98. The Morgan fingerprint density at radius 1 is 1.15 bits per heavy atom.